The zero-order valence-corrected chi connectivity index (χ0v) is 16.0. The summed E-state index contributed by atoms with van der Waals surface area (Å²) < 4.78 is 39.6. The van der Waals surface area contributed by atoms with Gasteiger partial charge in [-0.25, -0.2) is 9.97 Å². The Morgan fingerprint density at radius 1 is 1.17 bits per heavy atom. The lowest BCUT2D eigenvalue weighted by Gasteiger charge is -2.28. The molecule has 152 valence electrons. The summed E-state index contributed by atoms with van der Waals surface area (Å²) in [5, 5.41) is 0. The fourth-order valence-electron chi connectivity index (χ4n) is 3.64. The third-order valence-electron chi connectivity index (χ3n) is 5.23. The Morgan fingerprint density at radius 3 is 2.59 bits per heavy atom. The minimum absolute atomic E-state index is 0.0916. The average molecular weight is 405 g/mol. The van der Waals surface area contributed by atoms with Crippen LogP contribution in [0.3, 0.4) is 0 Å². The van der Waals surface area contributed by atoms with Gasteiger partial charge in [0.2, 0.25) is 0 Å². The van der Waals surface area contributed by atoms with E-state index in [0.717, 1.165) is 36.6 Å². The van der Waals surface area contributed by atoms with E-state index in [0.29, 0.717) is 31.1 Å². The molecule has 1 fully saturated rings. The normalized spacial score (nSPS) is 15.8. The first kappa shape index (κ1) is 19.4. The van der Waals surface area contributed by atoms with Gasteiger partial charge in [-0.15, -0.1) is 0 Å². The number of alkyl halides is 3. The molecule has 6 nitrogen and oxygen atoms in total. The van der Waals surface area contributed by atoms with E-state index in [4.69, 9.17) is 0 Å². The number of H-pyrrole nitrogens is 1. The van der Waals surface area contributed by atoms with Crippen molar-refractivity contribution in [3.8, 4) is 0 Å². The summed E-state index contributed by atoms with van der Waals surface area (Å²) in [6.45, 7) is 5.61. The smallest absolute Gasteiger partial charge is 0.323 e. The Kier molecular flexibility index (Phi) is 4.99. The van der Waals surface area contributed by atoms with Crippen molar-refractivity contribution in [3.63, 3.8) is 0 Å². The third-order valence-corrected chi connectivity index (χ3v) is 5.23. The van der Waals surface area contributed by atoms with Crippen LogP contribution in [0, 0.1) is 6.92 Å². The first-order valence-corrected chi connectivity index (χ1v) is 9.46. The van der Waals surface area contributed by atoms with Crippen LogP contribution in [0.25, 0.3) is 5.65 Å². The summed E-state index contributed by atoms with van der Waals surface area (Å²) in [6, 6.07) is 7.92. The molecule has 29 heavy (non-hydrogen) atoms. The van der Waals surface area contributed by atoms with E-state index in [-0.39, 0.29) is 5.56 Å². The molecule has 0 amide bonds. The van der Waals surface area contributed by atoms with Gasteiger partial charge in [0.1, 0.15) is 50.3 Å². The quantitative estimate of drug-likeness (QED) is 0.700. The zero-order chi connectivity index (χ0) is 20.6. The van der Waals surface area contributed by atoms with Gasteiger partial charge < -0.3 is 4.90 Å². The lowest BCUT2D eigenvalue weighted by molar-refractivity contribution is -0.914. The second-order valence-corrected chi connectivity index (χ2v) is 7.39. The molecule has 0 aliphatic carbocycles. The minimum Gasteiger partial charge on any atom is -0.323 e. The molecule has 3 aromatic heterocycles. The van der Waals surface area contributed by atoms with Crippen LogP contribution in [0.2, 0.25) is 0 Å². The first-order valence-electron chi connectivity index (χ1n) is 9.46. The molecule has 3 aromatic rings. The number of pyridine rings is 2. The van der Waals surface area contributed by atoms with Crippen molar-refractivity contribution < 1.29 is 23.1 Å². The molecule has 0 atom stereocenters. The van der Waals surface area contributed by atoms with E-state index < -0.39 is 11.7 Å². The van der Waals surface area contributed by atoms with Gasteiger partial charge in [-0.05, 0) is 24.6 Å². The van der Waals surface area contributed by atoms with Crippen LogP contribution in [0.15, 0.2) is 47.5 Å². The number of nitrogens with zero attached hydrogens (tertiary/aromatic N) is 3. The van der Waals surface area contributed by atoms with Crippen molar-refractivity contribution in [3.05, 3.63) is 69.9 Å². The molecular weight excluding hydrogens is 383 g/mol. The van der Waals surface area contributed by atoms with Gasteiger partial charge in [0.15, 0.2) is 0 Å². The van der Waals surface area contributed by atoms with E-state index >= 15 is 0 Å². The molecule has 0 bridgehead atoms. The highest BCUT2D eigenvalue weighted by atomic mass is 19.4. The maximum Gasteiger partial charge on any atom is 0.419 e. The summed E-state index contributed by atoms with van der Waals surface area (Å²) in [6.07, 6.45) is -1.56. The minimum atomic E-state index is -4.35. The van der Waals surface area contributed by atoms with Crippen LogP contribution in [-0.4, -0.2) is 35.6 Å². The SMILES string of the molecule is Cc1ccc2nc(C[NH+]3CCN(c4ccc(C(F)(F)F)c[nH+]4)CC3)cc(=O)n2c1. The molecular formula is C20H22F3N5O+2. The number of nitrogens with one attached hydrogen (secondary N) is 2. The summed E-state index contributed by atoms with van der Waals surface area (Å²) >= 11 is 0. The van der Waals surface area contributed by atoms with Gasteiger partial charge in [-0.1, -0.05) is 6.07 Å². The number of hydrogen-bond donors (Lipinski definition) is 1. The highest BCUT2D eigenvalue weighted by Crippen LogP contribution is 2.28. The van der Waals surface area contributed by atoms with Crippen molar-refractivity contribution in [2.75, 3.05) is 31.1 Å². The van der Waals surface area contributed by atoms with Crippen LogP contribution in [0.5, 0.6) is 0 Å². The van der Waals surface area contributed by atoms with Gasteiger partial charge in [-0.2, -0.15) is 13.2 Å². The van der Waals surface area contributed by atoms with Crippen LogP contribution in [-0.2, 0) is 12.7 Å². The molecule has 1 aliphatic rings. The molecule has 0 radical (unpaired) electrons. The van der Waals surface area contributed by atoms with Gasteiger partial charge in [0.05, 0.1) is 5.56 Å². The molecule has 2 N–H and O–H groups in total. The number of aromatic amines is 1. The molecule has 0 saturated carbocycles. The molecule has 0 spiro atoms. The second-order valence-electron chi connectivity index (χ2n) is 7.39. The number of aryl methyl sites for hydroxylation is 1. The zero-order valence-electron chi connectivity index (χ0n) is 16.0. The number of piperazine rings is 1. The second kappa shape index (κ2) is 7.47. The molecule has 1 saturated heterocycles. The van der Waals surface area contributed by atoms with Gasteiger partial charge in [-0.3, -0.25) is 14.1 Å². The van der Waals surface area contributed by atoms with E-state index in [2.05, 4.69) is 9.97 Å². The van der Waals surface area contributed by atoms with E-state index in [1.807, 2.05) is 24.0 Å². The van der Waals surface area contributed by atoms with Crippen molar-refractivity contribution in [1.29, 1.82) is 0 Å². The molecule has 4 rings (SSSR count). The lowest BCUT2D eigenvalue weighted by atomic mass is 10.2. The van der Waals surface area contributed by atoms with E-state index in [1.165, 1.54) is 11.0 Å². The molecule has 0 aromatic carbocycles. The number of quaternary nitrogens is 1. The van der Waals surface area contributed by atoms with Crippen LogP contribution in [0.4, 0.5) is 19.0 Å². The van der Waals surface area contributed by atoms with Crippen LogP contribution >= 0.6 is 0 Å². The van der Waals surface area contributed by atoms with E-state index in [9.17, 15) is 18.0 Å². The molecule has 9 heteroatoms. The number of fused-ring (bicyclic) bond motifs is 1. The predicted molar refractivity (Wildman–Crippen MR) is 101 cm³/mol. The Labute approximate surface area is 165 Å². The summed E-state index contributed by atoms with van der Waals surface area (Å²) in [5.41, 5.74) is 1.61. The number of halogens is 3. The van der Waals surface area contributed by atoms with Crippen LogP contribution in [0.1, 0.15) is 16.8 Å². The monoisotopic (exact) mass is 405 g/mol. The van der Waals surface area contributed by atoms with E-state index in [1.54, 1.807) is 16.7 Å². The van der Waals surface area contributed by atoms with Crippen molar-refractivity contribution in [2.24, 2.45) is 0 Å². The largest absolute Gasteiger partial charge is 0.419 e. The Morgan fingerprint density at radius 2 is 1.93 bits per heavy atom. The number of hydrogen-bond acceptors (Lipinski definition) is 3. The summed E-state index contributed by atoms with van der Waals surface area (Å²) in [4.78, 5) is 23.0. The fraction of sp³-hybridized carbons (Fsp3) is 0.350. The Bertz CT molecular complexity index is 1070. The maximum atomic E-state index is 12.7. The topological polar surface area (TPSA) is 56.2 Å². The highest BCUT2D eigenvalue weighted by molar-refractivity contribution is 5.40. The summed E-state index contributed by atoms with van der Waals surface area (Å²) in [7, 11) is 0. The first-order chi connectivity index (χ1) is 13.8. The third kappa shape index (κ3) is 4.24. The highest BCUT2D eigenvalue weighted by Gasteiger charge is 2.33. The Hall–Kier alpha value is -2.94. The lowest BCUT2D eigenvalue weighted by Crippen LogP contribution is -3.13. The van der Waals surface area contributed by atoms with Gasteiger partial charge in [0.25, 0.3) is 11.4 Å². The number of aromatic nitrogens is 3. The van der Waals surface area contributed by atoms with Crippen molar-refractivity contribution in [1.82, 2.24) is 9.38 Å². The molecule has 1 aliphatic heterocycles. The Balaban J connectivity index is 1.41. The maximum absolute atomic E-state index is 12.7. The standard InChI is InChI=1S/C20H20F3N5O/c1-14-2-4-18-25-16(10-19(29)28(18)12-14)13-26-6-8-27(9-7-26)17-5-3-15(11-24-17)20(21,22)23/h2-5,10-12H,6-9,13H2,1H3/p+2. The van der Waals surface area contributed by atoms with Gasteiger partial charge in [0, 0.05) is 18.3 Å². The average Bonchev–Trinajstić information content (AvgIpc) is 2.69. The number of rotatable bonds is 3. The van der Waals surface area contributed by atoms with Gasteiger partial charge >= 0.3 is 6.18 Å². The van der Waals surface area contributed by atoms with Crippen molar-refractivity contribution in [2.45, 2.75) is 19.6 Å². The molecule has 4 heterocycles. The predicted octanol–water partition coefficient (Wildman–Crippen LogP) is 0.741. The number of anilines is 1. The summed E-state index contributed by atoms with van der Waals surface area (Å²) in [5.74, 6) is 0.675. The van der Waals surface area contributed by atoms with Crippen molar-refractivity contribution >= 4 is 11.5 Å². The van der Waals surface area contributed by atoms with Crippen LogP contribution < -0.4 is 20.3 Å². The fourth-order valence-corrected chi connectivity index (χ4v) is 3.64. The molecule has 0 unspecified atom stereocenters.